The average Bonchev–Trinajstić information content (AvgIpc) is 2.76. The van der Waals surface area contributed by atoms with Crippen molar-refractivity contribution in [2.75, 3.05) is 0 Å². The normalized spacial score (nSPS) is 11.1. The maximum Gasteiger partial charge on any atom is 0.0737 e. The molecule has 0 saturated heterocycles. The molecule has 2 heteroatoms. The van der Waals surface area contributed by atoms with Crippen molar-refractivity contribution in [3.63, 3.8) is 0 Å². The van der Waals surface area contributed by atoms with Crippen molar-refractivity contribution in [2.45, 2.75) is 24.8 Å². The number of hydrogen-bond acceptors (Lipinski definition) is 1. The van der Waals surface area contributed by atoms with E-state index in [0.29, 0.717) is 0 Å². The summed E-state index contributed by atoms with van der Waals surface area (Å²) in [6.07, 6.45) is 2.01. The number of para-hydroxylation sites is 1. The summed E-state index contributed by atoms with van der Waals surface area (Å²) < 4.78 is 0. The quantitative estimate of drug-likeness (QED) is 0.645. The van der Waals surface area contributed by atoms with Crippen molar-refractivity contribution in [1.29, 1.82) is 0 Å². The van der Waals surface area contributed by atoms with Gasteiger partial charge in [0.2, 0.25) is 0 Å². The van der Waals surface area contributed by atoms with Crippen molar-refractivity contribution in [3.8, 4) is 0 Å². The first-order chi connectivity index (χ1) is 9.28. The van der Waals surface area contributed by atoms with E-state index >= 15 is 0 Å². The van der Waals surface area contributed by atoms with Crippen molar-refractivity contribution >= 4 is 23.5 Å². The fraction of sp³-hybridized carbons (Fsp3) is 0.176. The van der Waals surface area contributed by atoms with Crippen molar-refractivity contribution in [2.24, 2.45) is 0 Å². The Kier molecular flexibility index (Phi) is 3.34. The van der Waals surface area contributed by atoms with Crippen LogP contribution in [0.3, 0.4) is 0 Å². The number of nitrogens with one attached hydrogen (secondary N) is 1. The molecule has 2 aromatic carbocycles. The maximum atomic E-state index is 4.57. The summed E-state index contributed by atoms with van der Waals surface area (Å²) >= 11 is 4.57. The molecule has 0 saturated carbocycles. The Morgan fingerprint density at radius 3 is 2.37 bits per heavy atom. The maximum absolute atomic E-state index is 4.57. The average molecular weight is 267 g/mol. The molecule has 0 spiro atoms. The molecule has 0 atom stereocenters. The van der Waals surface area contributed by atoms with Crippen LogP contribution in [0.2, 0.25) is 0 Å². The molecule has 1 heterocycles. The first-order valence-corrected chi connectivity index (χ1v) is 7.09. The molecule has 3 rings (SSSR count). The van der Waals surface area contributed by atoms with Crippen LogP contribution in [-0.4, -0.2) is 4.98 Å². The molecule has 0 aliphatic rings. The number of fused-ring (bicyclic) bond motifs is 1. The zero-order chi connectivity index (χ0) is 13.2. The second kappa shape index (κ2) is 5.14. The topological polar surface area (TPSA) is 15.8 Å². The summed E-state index contributed by atoms with van der Waals surface area (Å²) in [5.74, 6) is 0. The summed E-state index contributed by atoms with van der Waals surface area (Å²) in [5.41, 5.74) is 5.15. The van der Waals surface area contributed by atoms with Gasteiger partial charge in [-0.25, -0.2) is 0 Å². The molecule has 0 aliphatic heterocycles. The van der Waals surface area contributed by atoms with Gasteiger partial charge in [-0.05, 0) is 29.2 Å². The van der Waals surface area contributed by atoms with Gasteiger partial charge in [-0.2, -0.15) is 0 Å². The van der Waals surface area contributed by atoms with Crippen LogP contribution in [0.5, 0.6) is 0 Å². The number of rotatable bonds is 3. The lowest BCUT2D eigenvalue weighted by atomic mass is 10.0. The molecule has 0 radical (unpaired) electrons. The molecule has 1 nitrogen and oxygen atoms in total. The molecule has 0 aliphatic carbocycles. The van der Waals surface area contributed by atoms with Gasteiger partial charge in [-0.3, -0.25) is 0 Å². The molecule has 3 aromatic rings. The number of hydrogen-bond donors (Lipinski definition) is 2. The number of thiol groups is 1. The third-order valence-corrected chi connectivity index (χ3v) is 3.98. The third-order valence-electron chi connectivity index (χ3n) is 3.60. The molecular formula is C17H17NS. The van der Waals surface area contributed by atoms with Gasteiger partial charge in [0.05, 0.1) is 5.03 Å². The summed E-state index contributed by atoms with van der Waals surface area (Å²) in [5, 5.41) is 2.24. The minimum atomic E-state index is 0.923. The van der Waals surface area contributed by atoms with Gasteiger partial charge in [0.25, 0.3) is 0 Å². The molecule has 0 bridgehead atoms. The van der Waals surface area contributed by atoms with E-state index in [4.69, 9.17) is 0 Å². The van der Waals surface area contributed by atoms with Crippen LogP contribution in [-0.2, 0) is 12.8 Å². The molecule has 1 aromatic heterocycles. The SMILES string of the molecule is CCc1ccc(Cc2c(S)[nH]c3ccccc23)cc1. The molecule has 0 unspecified atom stereocenters. The lowest BCUT2D eigenvalue weighted by Crippen LogP contribution is -1.89. The molecule has 1 N–H and O–H groups in total. The van der Waals surface area contributed by atoms with Crippen LogP contribution in [0.15, 0.2) is 53.6 Å². The van der Waals surface area contributed by atoms with Gasteiger partial charge in [0.1, 0.15) is 0 Å². The van der Waals surface area contributed by atoms with Gasteiger partial charge < -0.3 is 4.98 Å². The van der Waals surface area contributed by atoms with E-state index in [-0.39, 0.29) is 0 Å². The largest absolute Gasteiger partial charge is 0.350 e. The van der Waals surface area contributed by atoms with E-state index in [9.17, 15) is 0 Å². The van der Waals surface area contributed by atoms with E-state index in [0.717, 1.165) is 23.4 Å². The van der Waals surface area contributed by atoms with E-state index in [1.165, 1.54) is 22.1 Å². The monoisotopic (exact) mass is 267 g/mol. The highest BCUT2D eigenvalue weighted by Crippen LogP contribution is 2.27. The lowest BCUT2D eigenvalue weighted by molar-refractivity contribution is 1.09. The predicted molar refractivity (Wildman–Crippen MR) is 84.2 cm³/mol. The Morgan fingerprint density at radius 2 is 1.63 bits per heavy atom. The van der Waals surface area contributed by atoms with E-state index in [1.807, 2.05) is 6.07 Å². The minimum Gasteiger partial charge on any atom is -0.350 e. The van der Waals surface area contributed by atoms with E-state index in [1.54, 1.807) is 0 Å². The number of benzene rings is 2. The fourth-order valence-electron chi connectivity index (χ4n) is 2.46. The van der Waals surface area contributed by atoms with Crippen molar-refractivity contribution in [1.82, 2.24) is 4.98 Å². The zero-order valence-electron chi connectivity index (χ0n) is 11.0. The predicted octanol–water partition coefficient (Wildman–Crippen LogP) is 4.61. The summed E-state index contributed by atoms with van der Waals surface area (Å²) in [4.78, 5) is 3.33. The lowest BCUT2D eigenvalue weighted by Gasteiger charge is -2.03. The minimum absolute atomic E-state index is 0.923. The molecule has 96 valence electrons. The molecule has 0 amide bonds. The number of aryl methyl sites for hydroxylation is 1. The second-order valence-electron chi connectivity index (χ2n) is 4.84. The Hall–Kier alpha value is -1.67. The van der Waals surface area contributed by atoms with Gasteiger partial charge in [0.15, 0.2) is 0 Å². The van der Waals surface area contributed by atoms with Crippen LogP contribution >= 0.6 is 12.6 Å². The van der Waals surface area contributed by atoms with Crippen LogP contribution in [0.1, 0.15) is 23.6 Å². The first-order valence-electron chi connectivity index (χ1n) is 6.64. The first kappa shape index (κ1) is 12.4. The summed E-state index contributed by atoms with van der Waals surface area (Å²) in [7, 11) is 0. The number of aromatic amines is 1. The van der Waals surface area contributed by atoms with Gasteiger partial charge >= 0.3 is 0 Å². The fourth-order valence-corrected chi connectivity index (χ4v) is 2.78. The van der Waals surface area contributed by atoms with Crippen LogP contribution in [0.25, 0.3) is 10.9 Å². The third kappa shape index (κ3) is 2.41. The van der Waals surface area contributed by atoms with Crippen molar-refractivity contribution < 1.29 is 0 Å². The summed E-state index contributed by atoms with van der Waals surface area (Å²) in [6.45, 7) is 2.18. The standard InChI is InChI=1S/C17H17NS/c1-2-12-7-9-13(10-8-12)11-15-14-5-3-4-6-16(14)18-17(15)19/h3-10,18-19H,2,11H2,1H3. The Morgan fingerprint density at radius 1 is 0.947 bits per heavy atom. The van der Waals surface area contributed by atoms with Crippen LogP contribution < -0.4 is 0 Å². The second-order valence-corrected chi connectivity index (χ2v) is 5.29. The van der Waals surface area contributed by atoms with Gasteiger partial charge in [-0.15, -0.1) is 12.6 Å². The molecule has 19 heavy (non-hydrogen) atoms. The highest BCUT2D eigenvalue weighted by atomic mass is 32.1. The Labute approximate surface area is 119 Å². The highest BCUT2D eigenvalue weighted by molar-refractivity contribution is 7.80. The zero-order valence-corrected chi connectivity index (χ0v) is 11.9. The Balaban J connectivity index is 1.98. The van der Waals surface area contributed by atoms with Crippen LogP contribution in [0.4, 0.5) is 0 Å². The van der Waals surface area contributed by atoms with E-state index < -0.39 is 0 Å². The van der Waals surface area contributed by atoms with Crippen LogP contribution in [0, 0.1) is 0 Å². The van der Waals surface area contributed by atoms with Gasteiger partial charge in [-0.1, -0.05) is 49.4 Å². The Bertz CT molecular complexity index is 695. The molecular weight excluding hydrogens is 250 g/mol. The molecule has 0 fully saturated rings. The summed E-state index contributed by atoms with van der Waals surface area (Å²) in [6, 6.07) is 17.2. The smallest absolute Gasteiger partial charge is 0.0737 e. The number of aromatic nitrogens is 1. The van der Waals surface area contributed by atoms with Crippen molar-refractivity contribution in [3.05, 3.63) is 65.2 Å². The van der Waals surface area contributed by atoms with E-state index in [2.05, 4.69) is 67.0 Å². The highest BCUT2D eigenvalue weighted by Gasteiger charge is 2.09. The van der Waals surface area contributed by atoms with Gasteiger partial charge in [0, 0.05) is 17.3 Å². The number of H-pyrrole nitrogens is 1.